The Labute approximate surface area is 161 Å². The maximum absolute atomic E-state index is 13.2. The summed E-state index contributed by atoms with van der Waals surface area (Å²) in [4.78, 5) is 28.3. The number of fused-ring (bicyclic) bond motifs is 2. The molecule has 2 unspecified atom stereocenters. The second kappa shape index (κ2) is 7.27. The standard InChI is InChI=1S/C22H30N2O3/c1-2-23(15-20(25)26)17-9-12-24(13-10-17)21(27)19-14-22(19)11-5-7-16-6-3-4-8-18(16)22/h3-4,6,8,17,19H,2,5,7,9-15H2,1H3,(H,25,26). The summed E-state index contributed by atoms with van der Waals surface area (Å²) in [6, 6.07) is 8.96. The van der Waals surface area contributed by atoms with Gasteiger partial charge in [0, 0.05) is 30.5 Å². The molecule has 2 aliphatic carbocycles. The lowest BCUT2D eigenvalue weighted by atomic mass is 9.78. The van der Waals surface area contributed by atoms with Crippen LogP contribution in [0.4, 0.5) is 0 Å². The Balaban J connectivity index is 1.38. The predicted molar refractivity (Wildman–Crippen MR) is 104 cm³/mol. The van der Waals surface area contributed by atoms with E-state index in [1.165, 1.54) is 17.5 Å². The third-order valence-corrected chi connectivity index (χ3v) is 7.03. The largest absolute Gasteiger partial charge is 0.480 e. The number of likely N-dealkylation sites (tertiary alicyclic amines) is 1. The normalized spacial score (nSPS) is 27.6. The van der Waals surface area contributed by atoms with E-state index in [-0.39, 0.29) is 23.9 Å². The summed E-state index contributed by atoms with van der Waals surface area (Å²) in [6.45, 7) is 4.36. The molecular formula is C22H30N2O3. The fourth-order valence-corrected chi connectivity index (χ4v) is 5.50. The average Bonchev–Trinajstić information content (AvgIpc) is 3.40. The van der Waals surface area contributed by atoms with Crippen LogP contribution in [-0.4, -0.2) is 59.0 Å². The van der Waals surface area contributed by atoms with Gasteiger partial charge < -0.3 is 10.0 Å². The van der Waals surface area contributed by atoms with Gasteiger partial charge in [-0.25, -0.2) is 0 Å². The van der Waals surface area contributed by atoms with Crippen LogP contribution in [-0.2, 0) is 21.4 Å². The Morgan fingerprint density at radius 1 is 1.26 bits per heavy atom. The van der Waals surface area contributed by atoms with E-state index < -0.39 is 5.97 Å². The first-order valence-electron chi connectivity index (χ1n) is 10.4. The van der Waals surface area contributed by atoms with Crippen molar-refractivity contribution < 1.29 is 14.7 Å². The molecule has 5 heteroatoms. The molecule has 1 spiro atoms. The minimum Gasteiger partial charge on any atom is -0.480 e. The Bertz CT molecular complexity index is 726. The van der Waals surface area contributed by atoms with Gasteiger partial charge in [0.2, 0.25) is 5.91 Å². The topological polar surface area (TPSA) is 60.9 Å². The quantitative estimate of drug-likeness (QED) is 0.866. The number of amides is 1. The molecule has 1 amide bonds. The molecule has 5 nitrogen and oxygen atoms in total. The van der Waals surface area contributed by atoms with E-state index >= 15 is 0 Å². The molecule has 3 aliphatic rings. The van der Waals surface area contributed by atoms with Crippen LogP contribution in [0.15, 0.2) is 24.3 Å². The van der Waals surface area contributed by atoms with Crippen LogP contribution >= 0.6 is 0 Å². The first-order chi connectivity index (χ1) is 13.0. The first kappa shape index (κ1) is 18.5. The second-order valence-corrected chi connectivity index (χ2v) is 8.44. The van der Waals surface area contributed by atoms with Crippen LogP contribution in [0, 0.1) is 5.92 Å². The summed E-state index contributed by atoms with van der Waals surface area (Å²) in [7, 11) is 0. The second-order valence-electron chi connectivity index (χ2n) is 8.44. The number of nitrogens with zero attached hydrogens (tertiary/aromatic N) is 2. The number of piperidine rings is 1. The lowest BCUT2D eigenvalue weighted by Gasteiger charge is -2.38. The number of carboxylic acid groups (broad SMARTS) is 1. The van der Waals surface area contributed by atoms with Crippen LogP contribution in [0.3, 0.4) is 0 Å². The maximum atomic E-state index is 13.2. The van der Waals surface area contributed by atoms with Gasteiger partial charge in [0.05, 0.1) is 6.54 Å². The molecule has 2 atom stereocenters. The number of carbonyl (C=O) groups is 2. The molecule has 2 fully saturated rings. The lowest BCUT2D eigenvalue weighted by Crippen LogP contribution is -2.48. The summed E-state index contributed by atoms with van der Waals surface area (Å²) in [5.74, 6) is -0.297. The molecule has 1 heterocycles. The van der Waals surface area contributed by atoms with Crippen molar-refractivity contribution in [3.05, 3.63) is 35.4 Å². The molecule has 1 aromatic rings. The molecule has 1 saturated carbocycles. The molecule has 1 aliphatic heterocycles. The molecule has 1 aromatic carbocycles. The Morgan fingerprint density at radius 3 is 2.70 bits per heavy atom. The Morgan fingerprint density at radius 2 is 2.00 bits per heavy atom. The Hall–Kier alpha value is -1.88. The van der Waals surface area contributed by atoms with Crippen LogP contribution in [0.5, 0.6) is 0 Å². The van der Waals surface area contributed by atoms with Crippen molar-refractivity contribution in [2.75, 3.05) is 26.2 Å². The number of rotatable bonds is 5. The van der Waals surface area contributed by atoms with Crippen molar-refractivity contribution in [2.45, 2.75) is 56.9 Å². The molecule has 27 heavy (non-hydrogen) atoms. The number of hydrogen-bond acceptors (Lipinski definition) is 3. The molecule has 1 saturated heterocycles. The number of benzene rings is 1. The lowest BCUT2D eigenvalue weighted by molar-refractivity contribution is -0.140. The highest BCUT2D eigenvalue weighted by Gasteiger charge is 2.60. The van der Waals surface area contributed by atoms with Gasteiger partial charge in [0.25, 0.3) is 0 Å². The van der Waals surface area contributed by atoms with Crippen molar-refractivity contribution in [1.82, 2.24) is 9.80 Å². The zero-order valence-corrected chi connectivity index (χ0v) is 16.2. The van der Waals surface area contributed by atoms with E-state index in [1.54, 1.807) is 0 Å². The van der Waals surface area contributed by atoms with E-state index in [1.807, 2.05) is 16.7 Å². The van der Waals surface area contributed by atoms with Crippen molar-refractivity contribution in [1.29, 1.82) is 0 Å². The first-order valence-corrected chi connectivity index (χ1v) is 10.4. The molecule has 1 N–H and O–H groups in total. The smallest absolute Gasteiger partial charge is 0.317 e. The van der Waals surface area contributed by atoms with Gasteiger partial charge in [-0.15, -0.1) is 0 Å². The molecule has 0 radical (unpaired) electrons. The molecule has 0 aromatic heterocycles. The number of hydrogen-bond donors (Lipinski definition) is 1. The van der Waals surface area contributed by atoms with Crippen molar-refractivity contribution in [3.8, 4) is 0 Å². The van der Waals surface area contributed by atoms with E-state index in [0.29, 0.717) is 5.91 Å². The van der Waals surface area contributed by atoms with Gasteiger partial charge in [-0.3, -0.25) is 14.5 Å². The number of carboxylic acids is 1. The van der Waals surface area contributed by atoms with Gasteiger partial charge >= 0.3 is 5.97 Å². The third kappa shape index (κ3) is 3.38. The molecule has 0 bridgehead atoms. The van der Waals surface area contributed by atoms with Gasteiger partial charge in [0.15, 0.2) is 0 Å². The van der Waals surface area contributed by atoms with E-state index in [2.05, 4.69) is 24.3 Å². The van der Waals surface area contributed by atoms with E-state index in [4.69, 9.17) is 5.11 Å². The number of aliphatic carboxylic acids is 1. The van der Waals surface area contributed by atoms with Crippen molar-refractivity contribution >= 4 is 11.9 Å². The molecule has 146 valence electrons. The summed E-state index contributed by atoms with van der Waals surface area (Å²) in [6.07, 6.45) is 6.22. The minimum atomic E-state index is -0.772. The highest BCUT2D eigenvalue weighted by Crippen LogP contribution is 2.60. The monoisotopic (exact) mass is 370 g/mol. The number of likely N-dealkylation sites (N-methyl/N-ethyl adjacent to an activating group) is 1. The Kier molecular flexibility index (Phi) is 4.97. The third-order valence-electron chi connectivity index (χ3n) is 7.03. The molecular weight excluding hydrogens is 340 g/mol. The number of carbonyl (C=O) groups excluding carboxylic acids is 1. The zero-order valence-electron chi connectivity index (χ0n) is 16.2. The zero-order chi connectivity index (χ0) is 19.0. The van der Waals surface area contributed by atoms with Gasteiger partial charge in [-0.2, -0.15) is 0 Å². The van der Waals surface area contributed by atoms with E-state index in [0.717, 1.165) is 51.7 Å². The van der Waals surface area contributed by atoms with E-state index in [9.17, 15) is 9.59 Å². The highest BCUT2D eigenvalue weighted by molar-refractivity contribution is 5.85. The minimum absolute atomic E-state index is 0.0949. The van der Waals surface area contributed by atoms with Crippen LogP contribution in [0.25, 0.3) is 0 Å². The number of aryl methyl sites for hydroxylation is 1. The van der Waals surface area contributed by atoms with Crippen molar-refractivity contribution in [2.24, 2.45) is 5.92 Å². The van der Waals surface area contributed by atoms with Gasteiger partial charge in [-0.05, 0) is 56.2 Å². The van der Waals surface area contributed by atoms with Gasteiger partial charge in [-0.1, -0.05) is 31.2 Å². The predicted octanol–water partition coefficient (Wildman–Crippen LogP) is 2.68. The van der Waals surface area contributed by atoms with Crippen LogP contribution in [0.1, 0.15) is 50.2 Å². The summed E-state index contributed by atoms with van der Waals surface area (Å²) < 4.78 is 0. The van der Waals surface area contributed by atoms with Crippen LogP contribution in [0.2, 0.25) is 0 Å². The fraction of sp³-hybridized carbons (Fsp3) is 0.636. The van der Waals surface area contributed by atoms with Crippen LogP contribution < -0.4 is 0 Å². The summed E-state index contributed by atoms with van der Waals surface area (Å²) in [5.41, 5.74) is 2.95. The van der Waals surface area contributed by atoms with Crippen molar-refractivity contribution in [3.63, 3.8) is 0 Å². The molecule has 4 rings (SSSR count). The fourth-order valence-electron chi connectivity index (χ4n) is 5.50. The SMILES string of the molecule is CCN(CC(=O)O)C1CCN(C(=O)C2CC23CCCc2ccccc23)CC1. The maximum Gasteiger partial charge on any atom is 0.317 e. The average molecular weight is 370 g/mol. The van der Waals surface area contributed by atoms with Gasteiger partial charge in [0.1, 0.15) is 0 Å². The summed E-state index contributed by atoms with van der Waals surface area (Å²) >= 11 is 0. The summed E-state index contributed by atoms with van der Waals surface area (Å²) in [5, 5.41) is 9.08. The highest BCUT2D eigenvalue weighted by atomic mass is 16.4.